The van der Waals surface area contributed by atoms with Gasteiger partial charge in [0.1, 0.15) is 0 Å². The lowest BCUT2D eigenvalue weighted by Crippen LogP contribution is -2.31. The highest BCUT2D eigenvalue weighted by atomic mass is 19.1. The van der Waals surface area contributed by atoms with Crippen molar-refractivity contribution in [3.8, 4) is 5.75 Å². The van der Waals surface area contributed by atoms with Gasteiger partial charge in [-0.05, 0) is 54.7 Å². The van der Waals surface area contributed by atoms with E-state index in [1.54, 1.807) is 12.1 Å². The van der Waals surface area contributed by atoms with Crippen molar-refractivity contribution in [1.29, 1.82) is 0 Å². The first-order valence-corrected chi connectivity index (χ1v) is 7.50. The summed E-state index contributed by atoms with van der Waals surface area (Å²) >= 11 is 0. The van der Waals surface area contributed by atoms with Gasteiger partial charge in [-0.25, -0.2) is 4.39 Å². The van der Waals surface area contributed by atoms with Gasteiger partial charge in [0.2, 0.25) is 0 Å². The van der Waals surface area contributed by atoms with Gasteiger partial charge < -0.3 is 9.84 Å². The van der Waals surface area contributed by atoms with Gasteiger partial charge in [0.05, 0.1) is 13.0 Å². The van der Waals surface area contributed by atoms with Crippen LogP contribution < -0.4 is 4.74 Å². The second-order valence-corrected chi connectivity index (χ2v) is 6.26. The molecule has 3 nitrogen and oxygen atoms in total. The summed E-state index contributed by atoms with van der Waals surface area (Å²) in [5.41, 5.74) is 0.769. The molecular formula is C17H23FO3. The summed E-state index contributed by atoms with van der Waals surface area (Å²) in [6.45, 7) is 4.33. The second-order valence-electron chi connectivity index (χ2n) is 6.26. The molecule has 0 saturated heterocycles. The molecule has 21 heavy (non-hydrogen) atoms. The summed E-state index contributed by atoms with van der Waals surface area (Å²) in [6.07, 6.45) is 2.40. The lowest BCUT2D eigenvalue weighted by molar-refractivity contribution is -0.144. The molecule has 3 atom stereocenters. The zero-order chi connectivity index (χ0) is 15.6. The van der Waals surface area contributed by atoms with Crippen molar-refractivity contribution in [2.75, 3.05) is 7.11 Å². The topological polar surface area (TPSA) is 46.5 Å². The quantitative estimate of drug-likeness (QED) is 0.910. The van der Waals surface area contributed by atoms with E-state index < -0.39 is 17.7 Å². The number of hydrogen-bond acceptors (Lipinski definition) is 2. The molecular weight excluding hydrogens is 271 g/mol. The van der Waals surface area contributed by atoms with E-state index in [1.807, 2.05) is 0 Å². The van der Waals surface area contributed by atoms with Crippen LogP contribution >= 0.6 is 0 Å². The number of carbonyl (C=O) groups is 1. The van der Waals surface area contributed by atoms with Crippen molar-refractivity contribution in [2.45, 2.75) is 39.0 Å². The Morgan fingerprint density at radius 1 is 1.38 bits per heavy atom. The van der Waals surface area contributed by atoms with Gasteiger partial charge in [0, 0.05) is 0 Å². The molecule has 1 saturated carbocycles. The van der Waals surface area contributed by atoms with E-state index in [0.717, 1.165) is 18.4 Å². The average molecular weight is 294 g/mol. The zero-order valence-electron chi connectivity index (χ0n) is 12.8. The fraction of sp³-hybridized carbons (Fsp3) is 0.588. The molecule has 0 aliphatic heterocycles. The van der Waals surface area contributed by atoms with Gasteiger partial charge in [0.15, 0.2) is 11.6 Å². The van der Waals surface area contributed by atoms with Crippen LogP contribution in [-0.2, 0) is 4.79 Å². The molecule has 0 aromatic heterocycles. The van der Waals surface area contributed by atoms with Gasteiger partial charge in [-0.1, -0.05) is 19.9 Å². The van der Waals surface area contributed by atoms with Crippen molar-refractivity contribution in [3.05, 3.63) is 29.6 Å². The number of hydrogen-bond donors (Lipinski definition) is 1. The third kappa shape index (κ3) is 3.36. The predicted molar refractivity (Wildman–Crippen MR) is 79.0 cm³/mol. The molecule has 116 valence electrons. The molecule has 1 aliphatic carbocycles. The molecule has 3 unspecified atom stereocenters. The summed E-state index contributed by atoms with van der Waals surface area (Å²) in [7, 11) is 1.42. The molecule has 1 aromatic carbocycles. The number of aliphatic carboxylic acids is 1. The Morgan fingerprint density at radius 3 is 2.62 bits per heavy atom. The van der Waals surface area contributed by atoms with Crippen LogP contribution in [0.4, 0.5) is 4.39 Å². The minimum absolute atomic E-state index is 0.121. The van der Waals surface area contributed by atoms with Crippen LogP contribution in [0.3, 0.4) is 0 Å². The molecule has 0 spiro atoms. The van der Waals surface area contributed by atoms with Gasteiger partial charge in [-0.2, -0.15) is 0 Å². The summed E-state index contributed by atoms with van der Waals surface area (Å²) < 4.78 is 18.8. The Hall–Kier alpha value is -1.58. The number of carboxylic acids is 1. The molecule has 4 heteroatoms. The third-order valence-corrected chi connectivity index (χ3v) is 4.75. The van der Waals surface area contributed by atoms with Crippen LogP contribution in [0.25, 0.3) is 0 Å². The van der Waals surface area contributed by atoms with Crippen LogP contribution in [0, 0.1) is 23.6 Å². The molecule has 1 fully saturated rings. The first-order valence-electron chi connectivity index (χ1n) is 7.50. The Bertz CT molecular complexity index is 513. The summed E-state index contributed by atoms with van der Waals surface area (Å²) in [5.74, 6) is -0.538. The summed E-state index contributed by atoms with van der Waals surface area (Å²) in [4.78, 5) is 11.5. The van der Waals surface area contributed by atoms with Crippen LogP contribution in [0.15, 0.2) is 18.2 Å². The highest BCUT2D eigenvalue weighted by molar-refractivity contribution is 5.71. The maximum Gasteiger partial charge on any atom is 0.307 e. The number of carboxylic acid groups (broad SMARTS) is 1. The third-order valence-electron chi connectivity index (χ3n) is 4.75. The highest BCUT2D eigenvalue weighted by Gasteiger charge is 2.37. The number of methoxy groups -OCH3 is 1. The van der Waals surface area contributed by atoms with Crippen molar-refractivity contribution in [2.24, 2.45) is 17.8 Å². The minimum atomic E-state index is -0.779. The number of benzene rings is 1. The molecule has 1 N–H and O–H groups in total. The molecule has 2 rings (SSSR count). The first kappa shape index (κ1) is 15.8. The van der Waals surface area contributed by atoms with Gasteiger partial charge in [-0.15, -0.1) is 0 Å². The van der Waals surface area contributed by atoms with Crippen molar-refractivity contribution >= 4 is 5.97 Å². The zero-order valence-corrected chi connectivity index (χ0v) is 12.8. The fourth-order valence-electron chi connectivity index (χ4n) is 3.39. The lowest BCUT2D eigenvalue weighted by Gasteiger charge is -2.36. The van der Waals surface area contributed by atoms with Crippen molar-refractivity contribution < 1.29 is 19.0 Å². The number of halogens is 1. The Balaban J connectivity index is 2.31. The van der Waals surface area contributed by atoms with E-state index in [2.05, 4.69) is 13.8 Å². The van der Waals surface area contributed by atoms with E-state index in [-0.39, 0.29) is 11.7 Å². The van der Waals surface area contributed by atoms with Crippen LogP contribution in [0.2, 0.25) is 0 Å². The van der Waals surface area contributed by atoms with E-state index in [0.29, 0.717) is 18.3 Å². The van der Waals surface area contributed by atoms with Crippen LogP contribution in [-0.4, -0.2) is 18.2 Å². The summed E-state index contributed by atoms with van der Waals surface area (Å²) in [5, 5.41) is 9.45. The summed E-state index contributed by atoms with van der Waals surface area (Å²) in [6, 6.07) is 4.82. The van der Waals surface area contributed by atoms with Gasteiger partial charge >= 0.3 is 5.97 Å². The smallest absolute Gasteiger partial charge is 0.307 e. The minimum Gasteiger partial charge on any atom is -0.494 e. The van der Waals surface area contributed by atoms with E-state index in [9.17, 15) is 14.3 Å². The Kier molecular flexibility index (Phi) is 4.86. The molecule has 0 radical (unpaired) electrons. The van der Waals surface area contributed by atoms with Crippen molar-refractivity contribution in [3.63, 3.8) is 0 Å². The second kappa shape index (κ2) is 6.46. The largest absolute Gasteiger partial charge is 0.494 e. The Morgan fingerprint density at radius 2 is 2.10 bits per heavy atom. The van der Waals surface area contributed by atoms with Gasteiger partial charge in [-0.3, -0.25) is 4.79 Å². The van der Waals surface area contributed by atoms with Crippen LogP contribution in [0.5, 0.6) is 5.75 Å². The molecule has 0 amide bonds. The standard InChI is InChI=1S/C17H23FO3/c1-10(2)11-4-6-13(17(19)20)14(8-11)12-5-7-16(21-3)15(18)9-12/h5,7,9-11,13-14H,4,6,8H2,1-3H3,(H,19,20). The number of ether oxygens (including phenoxy) is 1. The first-order chi connectivity index (χ1) is 9.93. The van der Waals surface area contributed by atoms with E-state index in [1.165, 1.54) is 13.2 Å². The highest BCUT2D eigenvalue weighted by Crippen LogP contribution is 2.43. The van der Waals surface area contributed by atoms with E-state index >= 15 is 0 Å². The monoisotopic (exact) mass is 294 g/mol. The SMILES string of the molecule is COc1ccc(C2CC(C(C)C)CCC2C(=O)O)cc1F. The Labute approximate surface area is 125 Å². The van der Waals surface area contributed by atoms with E-state index in [4.69, 9.17) is 4.74 Å². The molecule has 1 aromatic rings. The normalized spacial score (nSPS) is 25.9. The molecule has 1 aliphatic rings. The predicted octanol–water partition coefficient (Wildman–Crippen LogP) is 4.07. The van der Waals surface area contributed by atoms with Crippen LogP contribution in [0.1, 0.15) is 44.6 Å². The molecule has 0 bridgehead atoms. The van der Waals surface area contributed by atoms with Crippen molar-refractivity contribution in [1.82, 2.24) is 0 Å². The molecule has 0 heterocycles. The fourth-order valence-corrected chi connectivity index (χ4v) is 3.39. The van der Waals surface area contributed by atoms with Gasteiger partial charge in [0.25, 0.3) is 0 Å². The maximum atomic E-state index is 13.9. The average Bonchev–Trinajstić information content (AvgIpc) is 2.46. The number of rotatable bonds is 4. The lowest BCUT2D eigenvalue weighted by atomic mass is 9.68. The maximum absolute atomic E-state index is 13.9.